The van der Waals surface area contributed by atoms with Crippen LogP contribution in [0.15, 0.2) is 95.7 Å². The van der Waals surface area contributed by atoms with Gasteiger partial charge in [-0.15, -0.1) is 53.2 Å². The average Bonchev–Trinajstić information content (AvgIpc) is 3.40. The Labute approximate surface area is 282 Å². The molecule has 1 saturated carbocycles. The minimum absolute atomic E-state index is 0. The van der Waals surface area contributed by atoms with Gasteiger partial charge in [-0.2, -0.15) is 0 Å². The molecular weight excluding hydrogens is 745 g/mol. The first-order valence-electron chi connectivity index (χ1n) is 15.9. The zero-order chi connectivity index (χ0) is 30.8. The Hall–Kier alpha value is -3.37. The number of nitrogens with zero attached hydrogens (tertiary/aromatic N) is 2. The average molecular weight is 787 g/mol. The summed E-state index contributed by atoms with van der Waals surface area (Å²) in [6.45, 7) is 14.0. The number of aryl methyl sites for hydroxylation is 1. The summed E-state index contributed by atoms with van der Waals surface area (Å²) in [5.74, 6) is 2.19. The van der Waals surface area contributed by atoms with E-state index >= 15 is 0 Å². The molecule has 2 unspecified atom stereocenters. The molecule has 1 radical (unpaired) electrons. The van der Waals surface area contributed by atoms with Crippen molar-refractivity contribution in [2.24, 2.45) is 11.8 Å². The SMILES string of the molecule is CC1CC(C)CC(c2ccnc(-c3[c-]cc([Si](C)(C)C)c4c3oc3ccccc34)c2)C1.Cc1ccc(-c2[c-]cccc2)nc1.[Ir]. The normalized spacial score (nSPS) is 18.2. The van der Waals surface area contributed by atoms with E-state index in [0.29, 0.717) is 5.92 Å². The van der Waals surface area contributed by atoms with Gasteiger partial charge in [-0.3, -0.25) is 0 Å². The quantitative estimate of drug-likeness (QED) is 0.132. The predicted octanol–water partition coefficient (Wildman–Crippen LogP) is 10.4. The number of hydrogen-bond acceptors (Lipinski definition) is 3. The first kappa shape index (κ1) is 33.0. The second-order valence-corrected chi connectivity index (χ2v) is 18.8. The van der Waals surface area contributed by atoms with Crippen molar-refractivity contribution in [1.29, 1.82) is 0 Å². The molecule has 1 aliphatic rings. The Balaban J connectivity index is 0.000000240. The molecule has 0 spiro atoms. The molecule has 3 nitrogen and oxygen atoms in total. The van der Waals surface area contributed by atoms with Crippen LogP contribution < -0.4 is 5.19 Å². The van der Waals surface area contributed by atoms with Gasteiger partial charge in [-0.25, -0.2) is 0 Å². The first-order valence-corrected chi connectivity index (χ1v) is 19.4. The van der Waals surface area contributed by atoms with Crippen molar-refractivity contribution in [3.63, 3.8) is 0 Å². The van der Waals surface area contributed by atoms with Crippen molar-refractivity contribution in [2.75, 3.05) is 0 Å². The number of pyridine rings is 2. The van der Waals surface area contributed by atoms with Crippen LogP contribution in [0.5, 0.6) is 0 Å². The first-order chi connectivity index (χ1) is 21.2. The number of benzene rings is 3. The van der Waals surface area contributed by atoms with Crippen LogP contribution in [-0.2, 0) is 20.1 Å². The summed E-state index contributed by atoms with van der Waals surface area (Å²) in [6.07, 6.45) is 7.73. The van der Waals surface area contributed by atoms with Crippen LogP contribution >= 0.6 is 0 Å². The second-order valence-electron chi connectivity index (χ2n) is 13.7. The van der Waals surface area contributed by atoms with Gasteiger partial charge in [0.15, 0.2) is 0 Å². The van der Waals surface area contributed by atoms with Crippen LogP contribution in [0.2, 0.25) is 19.6 Å². The summed E-state index contributed by atoms with van der Waals surface area (Å²) >= 11 is 0. The molecule has 0 aliphatic heterocycles. The van der Waals surface area contributed by atoms with Gasteiger partial charge in [0.1, 0.15) is 5.58 Å². The summed E-state index contributed by atoms with van der Waals surface area (Å²) < 4.78 is 6.44. The third kappa shape index (κ3) is 7.38. The predicted molar refractivity (Wildman–Crippen MR) is 187 cm³/mol. The molecule has 7 rings (SSSR count). The minimum atomic E-state index is -1.57. The fraction of sp³-hybridized carbons (Fsp3) is 0.300. The Morgan fingerprint density at radius 3 is 2.27 bits per heavy atom. The van der Waals surface area contributed by atoms with Crippen molar-refractivity contribution < 1.29 is 24.5 Å². The van der Waals surface area contributed by atoms with E-state index in [1.54, 1.807) is 0 Å². The smallest absolute Gasteiger partial charge is 0.120 e. The zero-order valence-corrected chi connectivity index (χ0v) is 30.5. The van der Waals surface area contributed by atoms with Crippen LogP contribution in [0.1, 0.15) is 50.2 Å². The molecule has 1 aliphatic carbocycles. The largest absolute Gasteiger partial charge is 0.501 e. The molecule has 45 heavy (non-hydrogen) atoms. The molecule has 6 aromatic rings. The van der Waals surface area contributed by atoms with Crippen LogP contribution in [0.3, 0.4) is 0 Å². The molecule has 5 heteroatoms. The summed E-state index contributed by atoms with van der Waals surface area (Å²) in [4.78, 5) is 9.09. The molecule has 2 atom stereocenters. The maximum Gasteiger partial charge on any atom is 0.120 e. The number of furan rings is 1. The van der Waals surface area contributed by atoms with Crippen molar-refractivity contribution in [3.8, 4) is 22.5 Å². The van der Waals surface area contributed by atoms with Crippen molar-refractivity contribution in [3.05, 3.63) is 115 Å². The van der Waals surface area contributed by atoms with Gasteiger partial charge >= 0.3 is 0 Å². The molecule has 0 N–H and O–H groups in total. The summed E-state index contributed by atoms with van der Waals surface area (Å²) in [7, 11) is -1.57. The van der Waals surface area contributed by atoms with Gasteiger partial charge in [0.25, 0.3) is 0 Å². The standard InChI is InChI=1S/C28H32NOSi.C12H10N.Ir/c1-18-14-19(2)16-21(15-18)20-12-13-29-24(17-20)22-10-11-26(31(3,4)5)27-23-8-6-7-9-25(23)30-28(22)27;1-10-7-8-12(13-9-10)11-5-3-2-4-6-11;/h6-9,11-13,17-19,21H,14-16H2,1-5H3;2-5,7-9H,1H3;/q2*-1;. The van der Waals surface area contributed by atoms with Gasteiger partial charge in [0, 0.05) is 46.0 Å². The van der Waals surface area contributed by atoms with Crippen molar-refractivity contribution >= 4 is 35.2 Å². The van der Waals surface area contributed by atoms with Gasteiger partial charge in [-0.1, -0.05) is 86.4 Å². The Morgan fingerprint density at radius 2 is 1.58 bits per heavy atom. The third-order valence-electron chi connectivity index (χ3n) is 8.85. The fourth-order valence-electron chi connectivity index (χ4n) is 6.79. The Kier molecular flexibility index (Phi) is 10.2. The van der Waals surface area contributed by atoms with Crippen molar-refractivity contribution in [1.82, 2.24) is 9.97 Å². The molecular formula is C40H42IrN2OSi-2. The minimum Gasteiger partial charge on any atom is -0.501 e. The molecule has 0 saturated heterocycles. The number of rotatable bonds is 4. The van der Waals surface area contributed by atoms with E-state index in [4.69, 9.17) is 9.40 Å². The van der Waals surface area contributed by atoms with Gasteiger partial charge < -0.3 is 14.4 Å². The van der Waals surface area contributed by atoms with Gasteiger partial charge in [-0.05, 0) is 73.0 Å². The van der Waals surface area contributed by atoms with E-state index in [1.165, 1.54) is 46.3 Å². The third-order valence-corrected chi connectivity index (χ3v) is 10.9. The van der Waals surface area contributed by atoms with E-state index in [0.717, 1.165) is 45.5 Å². The van der Waals surface area contributed by atoms with E-state index in [1.807, 2.05) is 55.7 Å². The van der Waals surface area contributed by atoms with E-state index in [-0.39, 0.29) is 20.1 Å². The molecule has 0 amide bonds. The molecule has 3 heterocycles. The van der Waals surface area contributed by atoms with Crippen LogP contribution in [0, 0.1) is 30.9 Å². The number of para-hydroxylation sites is 1. The topological polar surface area (TPSA) is 38.9 Å². The monoisotopic (exact) mass is 787 g/mol. The Bertz CT molecular complexity index is 1870. The van der Waals surface area contributed by atoms with Crippen LogP contribution in [0.25, 0.3) is 44.5 Å². The van der Waals surface area contributed by atoms with Crippen LogP contribution in [-0.4, -0.2) is 18.0 Å². The fourth-order valence-corrected chi connectivity index (χ4v) is 8.29. The zero-order valence-electron chi connectivity index (χ0n) is 27.1. The van der Waals surface area contributed by atoms with E-state index < -0.39 is 8.07 Å². The molecule has 233 valence electrons. The maximum absolute atomic E-state index is 6.44. The van der Waals surface area contributed by atoms with Gasteiger partial charge in [0.2, 0.25) is 0 Å². The number of fused-ring (bicyclic) bond motifs is 3. The summed E-state index contributed by atoms with van der Waals surface area (Å²) in [6, 6.07) is 33.8. The van der Waals surface area contributed by atoms with E-state index in [9.17, 15) is 0 Å². The second kappa shape index (κ2) is 13.9. The van der Waals surface area contributed by atoms with Crippen molar-refractivity contribution in [2.45, 2.75) is 65.6 Å². The molecule has 1 fully saturated rings. The maximum atomic E-state index is 6.44. The van der Waals surface area contributed by atoms with E-state index in [2.05, 4.69) is 93.1 Å². The van der Waals surface area contributed by atoms with Crippen LogP contribution in [0.4, 0.5) is 0 Å². The van der Waals surface area contributed by atoms with Gasteiger partial charge in [0.05, 0.1) is 5.58 Å². The molecule has 3 aromatic heterocycles. The number of hydrogen-bond donors (Lipinski definition) is 0. The Morgan fingerprint density at radius 1 is 0.822 bits per heavy atom. The summed E-state index contributed by atoms with van der Waals surface area (Å²) in [5.41, 5.74) is 8.48. The molecule has 0 bridgehead atoms. The number of aromatic nitrogens is 2. The summed E-state index contributed by atoms with van der Waals surface area (Å²) in [5, 5.41) is 3.87. The molecule has 3 aromatic carbocycles.